The minimum absolute atomic E-state index is 0.251. The van der Waals surface area contributed by atoms with E-state index in [1.165, 1.54) is 16.5 Å². The maximum absolute atomic E-state index is 8.90. The van der Waals surface area contributed by atoms with Gasteiger partial charge in [0.2, 0.25) is 0 Å². The van der Waals surface area contributed by atoms with E-state index in [1.54, 1.807) is 0 Å². The molecule has 0 aliphatic rings. The van der Waals surface area contributed by atoms with Crippen molar-refractivity contribution >= 4 is 10.9 Å². The van der Waals surface area contributed by atoms with E-state index in [0.29, 0.717) is 5.92 Å². The Kier molecular flexibility index (Phi) is 2.55. The number of para-hydroxylation sites is 1. The molecule has 0 bridgehead atoms. The highest BCUT2D eigenvalue weighted by Gasteiger charge is 2.09. The van der Waals surface area contributed by atoms with Gasteiger partial charge >= 0.3 is 0 Å². The van der Waals surface area contributed by atoms with Crippen molar-refractivity contribution in [2.24, 2.45) is 0 Å². The van der Waals surface area contributed by atoms with Gasteiger partial charge in [-0.3, -0.25) is 0 Å². The summed E-state index contributed by atoms with van der Waals surface area (Å²) in [5.74, 6) is 0.413. The molecule has 1 atom stereocenters. The van der Waals surface area contributed by atoms with Crippen LogP contribution in [0, 0.1) is 0 Å². The molecule has 0 aliphatic carbocycles. The molecule has 1 heterocycles. The van der Waals surface area contributed by atoms with Gasteiger partial charge in [-0.15, -0.1) is 0 Å². The maximum atomic E-state index is 8.90. The highest BCUT2D eigenvalue weighted by molar-refractivity contribution is 5.83. The smallest absolute Gasteiger partial charge is 0.0456 e. The van der Waals surface area contributed by atoms with Crippen LogP contribution in [-0.2, 0) is 0 Å². The Bertz CT molecular complexity index is 419. The third kappa shape index (κ3) is 1.53. The summed E-state index contributed by atoms with van der Waals surface area (Å²) in [6, 6.07) is 8.27. The van der Waals surface area contributed by atoms with Crippen molar-refractivity contribution in [3.63, 3.8) is 0 Å². The number of hydrogen-bond donors (Lipinski definition) is 2. The molecule has 2 heteroatoms. The highest BCUT2D eigenvalue weighted by atomic mass is 16.3. The predicted molar refractivity (Wildman–Crippen MR) is 58.4 cm³/mol. The van der Waals surface area contributed by atoms with Crippen LogP contribution >= 0.6 is 0 Å². The van der Waals surface area contributed by atoms with Crippen molar-refractivity contribution in [2.45, 2.75) is 19.3 Å². The van der Waals surface area contributed by atoms with Crippen LogP contribution in [0.5, 0.6) is 0 Å². The standard InChI is InChI=1S/C12H15NO/c1-9(6-7-14)11-8-13-12-5-3-2-4-10(11)12/h2-5,8-9,13-14H,6-7H2,1H3/t9-/m0/s1. The number of fused-ring (bicyclic) bond motifs is 1. The first-order valence-electron chi connectivity index (χ1n) is 5.00. The Balaban J connectivity index is 2.42. The number of H-pyrrole nitrogens is 1. The molecular formula is C12H15NO. The van der Waals surface area contributed by atoms with E-state index in [4.69, 9.17) is 5.11 Å². The Labute approximate surface area is 83.6 Å². The molecule has 0 aliphatic heterocycles. The molecule has 2 aromatic rings. The second-order valence-corrected chi connectivity index (χ2v) is 3.70. The van der Waals surface area contributed by atoms with Crippen LogP contribution < -0.4 is 0 Å². The van der Waals surface area contributed by atoms with E-state index in [-0.39, 0.29) is 6.61 Å². The van der Waals surface area contributed by atoms with E-state index in [1.807, 2.05) is 18.3 Å². The Morgan fingerprint density at radius 3 is 2.93 bits per heavy atom. The normalized spacial score (nSPS) is 13.3. The van der Waals surface area contributed by atoms with Gasteiger partial charge in [-0.25, -0.2) is 0 Å². The van der Waals surface area contributed by atoms with Gasteiger partial charge in [0.15, 0.2) is 0 Å². The number of nitrogens with one attached hydrogen (secondary N) is 1. The third-order valence-electron chi connectivity index (χ3n) is 2.71. The molecule has 1 aromatic carbocycles. The lowest BCUT2D eigenvalue weighted by Gasteiger charge is -2.07. The van der Waals surface area contributed by atoms with Crippen molar-refractivity contribution in [1.82, 2.24) is 4.98 Å². The molecule has 74 valence electrons. The Hall–Kier alpha value is -1.28. The zero-order valence-electron chi connectivity index (χ0n) is 8.33. The summed E-state index contributed by atoms with van der Waals surface area (Å²) in [6.07, 6.45) is 2.87. The number of aromatic amines is 1. The lowest BCUT2D eigenvalue weighted by atomic mass is 9.98. The fraction of sp³-hybridized carbons (Fsp3) is 0.333. The van der Waals surface area contributed by atoms with Crippen LogP contribution in [-0.4, -0.2) is 16.7 Å². The number of benzene rings is 1. The first kappa shape index (κ1) is 9.28. The molecule has 0 amide bonds. The van der Waals surface area contributed by atoms with Crippen LogP contribution in [0.15, 0.2) is 30.5 Å². The topological polar surface area (TPSA) is 36.0 Å². The molecular weight excluding hydrogens is 174 g/mol. The summed E-state index contributed by atoms with van der Waals surface area (Å²) >= 11 is 0. The van der Waals surface area contributed by atoms with E-state index in [9.17, 15) is 0 Å². The monoisotopic (exact) mass is 189 g/mol. The predicted octanol–water partition coefficient (Wildman–Crippen LogP) is 2.65. The Morgan fingerprint density at radius 2 is 2.14 bits per heavy atom. The number of hydrogen-bond acceptors (Lipinski definition) is 1. The molecule has 14 heavy (non-hydrogen) atoms. The fourth-order valence-corrected chi connectivity index (χ4v) is 1.85. The van der Waals surface area contributed by atoms with Crippen LogP contribution in [0.1, 0.15) is 24.8 Å². The van der Waals surface area contributed by atoms with Crippen LogP contribution in [0.3, 0.4) is 0 Å². The van der Waals surface area contributed by atoms with E-state index < -0.39 is 0 Å². The summed E-state index contributed by atoms with van der Waals surface area (Å²) < 4.78 is 0. The summed E-state index contributed by atoms with van der Waals surface area (Å²) in [6.45, 7) is 2.40. The van der Waals surface area contributed by atoms with Gasteiger partial charge in [0.1, 0.15) is 0 Å². The minimum atomic E-state index is 0.251. The van der Waals surface area contributed by atoms with Gasteiger partial charge < -0.3 is 10.1 Å². The summed E-state index contributed by atoms with van der Waals surface area (Å²) in [5, 5.41) is 10.2. The quantitative estimate of drug-likeness (QED) is 0.765. The third-order valence-corrected chi connectivity index (χ3v) is 2.71. The van der Waals surface area contributed by atoms with E-state index in [2.05, 4.69) is 24.0 Å². The average molecular weight is 189 g/mol. The van der Waals surface area contributed by atoms with Gasteiger partial charge in [-0.2, -0.15) is 0 Å². The molecule has 0 unspecified atom stereocenters. The van der Waals surface area contributed by atoms with Crippen LogP contribution in [0.25, 0.3) is 10.9 Å². The van der Waals surface area contributed by atoms with Gasteiger partial charge in [-0.05, 0) is 24.0 Å². The Morgan fingerprint density at radius 1 is 1.36 bits per heavy atom. The second-order valence-electron chi connectivity index (χ2n) is 3.70. The molecule has 2 N–H and O–H groups in total. The summed E-state index contributed by atoms with van der Waals surface area (Å²) in [7, 11) is 0. The molecule has 0 saturated carbocycles. The molecule has 0 radical (unpaired) electrons. The number of aromatic nitrogens is 1. The number of aliphatic hydroxyl groups is 1. The van der Waals surface area contributed by atoms with Crippen LogP contribution in [0.4, 0.5) is 0 Å². The van der Waals surface area contributed by atoms with E-state index in [0.717, 1.165) is 6.42 Å². The van der Waals surface area contributed by atoms with Gasteiger partial charge in [0, 0.05) is 23.7 Å². The largest absolute Gasteiger partial charge is 0.396 e. The lowest BCUT2D eigenvalue weighted by molar-refractivity contribution is 0.279. The van der Waals surface area contributed by atoms with Gasteiger partial charge in [-0.1, -0.05) is 25.1 Å². The minimum Gasteiger partial charge on any atom is -0.396 e. The van der Waals surface area contributed by atoms with Gasteiger partial charge in [0.25, 0.3) is 0 Å². The summed E-state index contributed by atoms with van der Waals surface area (Å²) in [4.78, 5) is 3.25. The van der Waals surface area contributed by atoms with E-state index >= 15 is 0 Å². The molecule has 2 rings (SSSR count). The number of rotatable bonds is 3. The molecule has 1 aromatic heterocycles. The number of aliphatic hydroxyl groups excluding tert-OH is 1. The first-order chi connectivity index (χ1) is 6.83. The fourth-order valence-electron chi connectivity index (χ4n) is 1.85. The zero-order valence-corrected chi connectivity index (χ0v) is 8.33. The van der Waals surface area contributed by atoms with Gasteiger partial charge in [0.05, 0.1) is 0 Å². The van der Waals surface area contributed by atoms with Crippen molar-refractivity contribution in [2.75, 3.05) is 6.61 Å². The highest BCUT2D eigenvalue weighted by Crippen LogP contribution is 2.26. The summed E-state index contributed by atoms with van der Waals surface area (Å²) in [5.41, 5.74) is 2.47. The van der Waals surface area contributed by atoms with Crippen molar-refractivity contribution in [1.29, 1.82) is 0 Å². The first-order valence-corrected chi connectivity index (χ1v) is 5.00. The molecule has 0 spiro atoms. The molecule has 0 saturated heterocycles. The average Bonchev–Trinajstić information content (AvgIpc) is 2.61. The van der Waals surface area contributed by atoms with Crippen molar-refractivity contribution < 1.29 is 5.11 Å². The zero-order chi connectivity index (χ0) is 9.97. The maximum Gasteiger partial charge on any atom is 0.0456 e. The molecule has 2 nitrogen and oxygen atoms in total. The molecule has 0 fully saturated rings. The lowest BCUT2D eigenvalue weighted by Crippen LogP contribution is -1.95. The van der Waals surface area contributed by atoms with Crippen molar-refractivity contribution in [3.8, 4) is 0 Å². The second kappa shape index (κ2) is 3.84. The van der Waals surface area contributed by atoms with Crippen molar-refractivity contribution in [3.05, 3.63) is 36.0 Å². The van der Waals surface area contributed by atoms with Crippen LogP contribution in [0.2, 0.25) is 0 Å². The SMILES string of the molecule is C[C@@H](CCO)c1c[nH]c2ccccc12.